The van der Waals surface area contributed by atoms with Gasteiger partial charge in [0.25, 0.3) is 0 Å². The predicted octanol–water partition coefficient (Wildman–Crippen LogP) is 0.189. The van der Waals surface area contributed by atoms with E-state index in [1.54, 1.807) is 0 Å². The SMILES string of the molecule is O=C(OF)C1=C(F)ON(F)N1. The summed E-state index contributed by atoms with van der Waals surface area (Å²) >= 11 is 0. The number of carbonyl (C=O) groups is 1. The molecule has 0 saturated heterocycles. The number of hydrogen-bond acceptors (Lipinski definition) is 5. The highest BCUT2D eigenvalue weighted by Gasteiger charge is 2.31. The fourth-order valence-corrected chi connectivity index (χ4v) is 0.435. The molecule has 8 heteroatoms. The molecule has 0 aliphatic carbocycles. The van der Waals surface area contributed by atoms with Gasteiger partial charge in [0, 0.05) is 4.53 Å². The van der Waals surface area contributed by atoms with Crippen LogP contribution in [0.25, 0.3) is 0 Å². The lowest BCUT2D eigenvalue weighted by Gasteiger charge is -1.98. The molecule has 0 spiro atoms. The lowest BCUT2D eigenvalue weighted by molar-refractivity contribution is -0.273. The number of nitrogens with one attached hydrogen (secondary N) is 1. The van der Waals surface area contributed by atoms with Crippen molar-refractivity contribution in [2.75, 3.05) is 0 Å². The molecule has 1 heterocycles. The summed E-state index contributed by atoms with van der Waals surface area (Å²) in [7, 11) is 0. The van der Waals surface area contributed by atoms with Gasteiger partial charge < -0.3 is 4.84 Å². The molecule has 1 rings (SSSR count). The van der Waals surface area contributed by atoms with Crippen LogP contribution in [0, 0.1) is 0 Å². The first-order valence-corrected chi connectivity index (χ1v) is 2.28. The van der Waals surface area contributed by atoms with Crippen LogP contribution >= 0.6 is 0 Å². The van der Waals surface area contributed by atoms with Crippen LogP contribution in [0.3, 0.4) is 0 Å². The number of nitrogens with zero attached hydrogens (tertiary/aromatic N) is 1. The van der Waals surface area contributed by atoms with Gasteiger partial charge in [-0.1, -0.05) is 4.48 Å². The topological polar surface area (TPSA) is 50.8 Å². The summed E-state index contributed by atoms with van der Waals surface area (Å²) in [5.74, 6) is -1.71. The third kappa shape index (κ3) is 1.34. The van der Waals surface area contributed by atoms with Gasteiger partial charge in [-0.2, -0.15) is 4.39 Å². The Morgan fingerprint density at radius 3 is 2.73 bits per heavy atom. The number of rotatable bonds is 1. The Kier molecular flexibility index (Phi) is 1.85. The summed E-state index contributed by atoms with van der Waals surface area (Å²) in [4.78, 5) is 16.2. The molecule has 1 N–H and O–H groups in total. The van der Waals surface area contributed by atoms with E-state index in [1.165, 1.54) is 5.43 Å². The van der Waals surface area contributed by atoms with Crippen LogP contribution in [0.1, 0.15) is 0 Å². The minimum atomic E-state index is -1.71. The molecule has 0 aromatic rings. The Morgan fingerprint density at radius 1 is 1.73 bits per heavy atom. The molecule has 0 saturated carbocycles. The van der Waals surface area contributed by atoms with E-state index in [-0.39, 0.29) is 0 Å². The van der Waals surface area contributed by atoms with Crippen molar-refractivity contribution >= 4 is 5.97 Å². The summed E-state index contributed by atoms with van der Waals surface area (Å²) in [6.45, 7) is 0. The number of hydrogen-bond donors (Lipinski definition) is 1. The zero-order chi connectivity index (χ0) is 8.43. The molecule has 0 fully saturated rings. The van der Waals surface area contributed by atoms with Crippen LogP contribution in [0.2, 0.25) is 0 Å². The fraction of sp³-hybridized carbons (Fsp3) is 0. The standard InChI is InChI=1S/C3HF3N2O3/c4-2-1(3(9)10-6)7-8(5)11-2/h7H. The molecule has 0 aromatic carbocycles. The van der Waals surface area contributed by atoms with Crippen molar-refractivity contribution in [3.63, 3.8) is 0 Å². The Morgan fingerprint density at radius 2 is 2.36 bits per heavy atom. The van der Waals surface area contributed by atoms with Gasteiger partial charge in [0.05, 0.1) is 0 Å². The molecule has 11 heavy (non-hydrogen) atoms. The summed E-state index contributed by atoms with van der Waals surface area (Å²) in [6.07, 6.45) is 0. The molecule has 0 aromatic heterocycles. The minimum absolute atomic E-state index is 0.707. The maximum Gasteiger partial charge on any atom is 0.403 e. The van der Waals surface area contributed by atoms with Crippen molar-refractivity contribution < 1.29 is 28.0 Å². The largest absolute Gasteiger partial charge is 0.403 e. The predicted molar refractivity (Wildman–Crippen MR) is 22.5 cm³/mol. The normalized spacial score (nSPS) is 17.7. The fourth-order valence-electron chi connectivity index (χ4n) is 0.435. The maximum absolute atomic E-state index is 12.1. The number of hydrazine groups is 1. The zero-order valence-electron chi connectivity index (χ0n) is 4.81. The molecule has 0 radical (unpaired) electrons. The second-order valence-corrected chi connectivity index (χ2v) is 1.46. The van der Waals surface area contributed by atoms with Crippen LogP contribution in [-0.2, 0) is 14.6 Å². The van der Waals surface area contributed by atoms with Crippen molar-refractivity contribution in [1.29, 1.82) is 0 Å². The monoisotopic (exact) mass is 170 g/mol. The average Bonchev–Trinajstić information content (AvgIpc) is 2.28. The second-order valence-electron chi connectivity index (χ2n) is 1.46. The van der Waals surface area contributed by atoms with Crippen LogP contribution < -0.4 is 5.43 Å². The molecular weight excluding hydrogens is 169 g/mol. The third-order valence-electron chi connectivity index (χ3n) is 0.831. The van der Waals surface area contributed by atoms with E-state index < -0.39 is 23.1 Å². The van der Waals surface area contributed by atoms with Crippen molar-refractivity contribution in [3.05, 3.63) is 11.7 Å². The first-order valence-electron chi connectivity index (χ1n) is 2.28. The van der Waals surface area contributed by atoms with E-state index >= 15 is 0 Å². The highest BCUT2D eigenvalue weighted by molar-refractivity contribution is 5.87. The number of halogens is 3. The van der Waals surface area contributed by atoms with Gasteiger partial charge in [0.2, 0.25) is 5.70 Å². The quantitative estimate of drug-likeness (QED) is 0.569. The van der Waals surface area contributed by atoms with Gasteiger partial charge in [0.1, 0.15) is 5.39 Å². The Labute approximate surface area is 57.7 Å². The summed E-state index contributed by atoms with van der Waals surface area (Å²) < 4.78 is 35.0. The highest BCUT2D eigenvalue weighted by Crippen LogP contribution is 2.16. The Balaban J connectivity index is 2.72. The van der Waals surface area contributed by atoms with Crippen LogP contribution in [-0.4, -0.2) is 11.4 Å². The lowest BCUT2D eigenvalue weighted by atomic mass is 10.5. The molecule has 5 nitrogen and oxygen atoms in total. The van der Waals surface area contributed by atoms with Crippen molar-refractivity contribution in [2.45, 2.75) is 0 Å². The molecule has 0 atom stereocenters. The minimum Gasteiger partial charge on any atom is -0.325 e. The molecule has 62 valence electrons. The highest BCUT2D eigenvalue weighted by atomic mass is 19.3. The second kappa shape index (κ2) is 2.66. The van der Waals surface area contributed by atoms with Gasteiger partial charge in [-0.25, -0.2) is 15.2 Å². The van der Waals surface area contributed by atoms with E-state index in [9.17, 15) is 18.2 Å². The van der Waals surface area contributed by atoms with E-state index in [0.29, 0.717) is 0 Å². The van der Waals surface area contributed by atoms with Gasteiger partial charge in [-0.3, -0.25) is 0 Å². The van der Waals surface area contributed by atoms with Crippen molar-refractivity contribution in [2.24, 2.45) is 0 Å². The molecule has 0 amide bonds. The first kappa shape index (κ1) is 7.66. The van der Waals surface area contributed by atoms with E-state index in [0.717, 1.165) is 0 Å². The first-order chi connectivity index (χ1) is 5.15. The van der Waals surface area contributed by atoms with Crippen LogP contribution in [0.4, 0.5) is 13.4 Å². The molecule has 0 bridgehead atoms. The average molecular weight is 170 g/mol. The third-order valence-corrected chi connectivity index (χ3v) is 0.831. The van der Waals surface area contributed by atoms with Crippen LogP contribution in [0.15, 0.2) is 11.7 Å². The van der Waals surface area contributed by atoms with Gasteiger partial charge >= 0.3 is 12.0 Å². The van der Waals surface area contributed by atoms with Gasteiger partial charge in [0.15, 0.2) is 0 Å². The van der Waals surface area contributed by atoms with E-state index in [4.69, 9.17) is 0 Å². The van der Waals surface area contributed by atoms with Gasteiger partial charge in [-0.05, 0) is 0 Å². The Bertz CT molecular complexity index is 218. The molecular formula is C3HF3N2O3. The smallest absolute Gasteiger partial charge is 0.325 e. The summed E-state index contributed by atoms with van der Waals surface area (Å²) in [6, 6.07) is -1.60. The van der Waals surface area contributed by atoms with Crippen molar-refractivity contribution in [3.8, 4) is 0 Å². The summed E-state index contributed by atoms with van der Waals surface area (Å²) in [5, 5.41) is -0.707. The van der Waals surface area contributed by atoms with Crippen molar-refractivity contribution in [1.82, 2.24) is 10.8 Å². The maximum atomic E-state index is 12.1. The Hall–Kier alpha value is -1.44. The van der Waals surface area contributed by atoms with E-state index in [2.05, 4.69) is 9.78 Å². The summed E-state index contributed by atoms with van der Waals surface area (Å²) in [5.41, 5.74) is 0.315. The molecule has 1 aliphatic heterocycles. The lowest BCUT2D eigenvalue weighted by Crippen LogP contribution is -2.25. The molecule has 0 unspecified atom stereocenters. The zero-order valence-corrected chi connectivity index (χ0v) is 4.81. The molecule has 1 aliphatic rings. The number of carbonyl (C=O) groups excluding carboxylic acids is 1. The van der Waals surface area contributed by atoms with Gasteiger partial charge in [-0.15, -0.1) is 0 Å². The van der Waals surface area contributed by atoms with Crippen LogP contribution in [0.5, 0.6) is 0 Å². The van der Waals surface area contributed by atoms with E-state index in [1.807, 2.05) is 0 Å².